The number of carbonyl (C=O) groups excluding carboxylic acids is 3. The van der Waals surface area contributed by atoms with Gasteiger partial charge in [0, 0.05) is 174 Å². The van der Waals surface area contributed by atoms with E-state index in [1.54, 1.807) is 134 Å². The quantitative estimate of drug-likeness (QED) is 0.0295. The topological polar surface area (TPSA) is 414 Å². The predicted molar refractivity (Wildman–Crippen MR) is 460 cm³/mol. The number of aromatic nitrogens is 6. The second kappa shape index (κ2) is 49.3. The van der Waals surface area contributed by atoms with Gasteiger partial charge in [-0.1, -0.05) is 55.6 Å². The number of carbonyl (C=O) groups is 3. The lowest BCUT2D eigenvalue weighted by Crippen LogP contribution is -2.43. The highest BCUT2D eigenvalue weighted by Crippen LogP contribution is 2.35. The summed E-state index contributed by atoms with van der Waals surface area (Å²) in [7, 11) is 6.58. The fourth-order valence-corrected chi connectivity index (χ4v) is 14.5. The Balaban J connectivity index is 0.000000227. The summed E-state index contributed by atoms with van der Waals surface area (Å²) in [5, 5.41) is 10.2. The predicted octanol–water partition coefficient (Wildman–Crippen LogP) is 8.27. The van der Waals surface area contributed by atoms with Crippen LogP contribution in [0.15, 0.2) is 168 Å². The lowest BCUT2D eigenvalue weighted by molar-refractivity contribution is -0.128. The minimum atomic E-state index is -0.583. The first-order valence-electron chi connectivity index (χ1n) is 40.3. The molecule has 0 radical (unpaired) electrons. The van der Waals surface area contributed by atoms with Gasteiger partial charge in [-0.15, -0.1) is 11.8 Å². The third-order valence-electron chi connectivity index (χ3n) is 20.1. The Morgan fingerprint density at radius 1 is 0.541 bits per heavy atom. The molecular formula is C82H123N19O20S. The third kappa shape index (κ3) is 26.3. The minimum Gasteiger partial charge on any atom is -0.382 e. The molecule has 9 aliphatic rings. The molecule has 1 N–H and O–H groups in total. The molecule has 2 unspecified atom stereocenters. The van der Waals surface area contributed by atoms with Crippen LogP contribution in [0.3, 0.4) is 0 Å². The van der Waals surface area contributed by atoms with E-state index < -0.39 is 30.3 Å². The van der Waals surface area contributed by atoms with Crippen molar-refractivity contribution in [3.63, 3.8) is 0 Å². The molecule has 3 amide bonds. The highest BCUT2D eigenvalue weighted by Gasteiger charge is 2.42. The SMILES string of the molecule is C.C=C1N(C)C(=O)C(C)=CN1[C@H]1C=C[C@@H](COC)O1.C=C1N(C)C(=O)C(C)=CN1[C@H]1CC(N=[N+]=[N-])[C@@H](COC)O1.C=C1NC(=O)C(C)=CN1[C@H]1C=C[C@@H](COCC)O1.CCOC[C@@H]1C=C[C@H](n2cc(C)c(=O)n(CC)c2=O)O1.CCOC[C@H]1O[C@@H](n2cc(C)c(=O)n(CC)c2=O)CC1N=[N+]=[N-].CCOC[C@H]1O[C@@H](n2ccc(N(CC)CC)nc2=O)CS1. The fourth-order valence-electron chi connectivity index (χ4n) is 13.5. The Labute approximate surface area is 715 Å². The summed E-state index contributed by atoms with van der Waals surface area (Å²) >= 11 is 1.67. The van der Waals surface area contributed by atoms with Gasteiger partial charge < -0.3 is 81.8 Å². The molecule has 3 fully saturated rings. The lowest BCUT2D eigenvalue weighted by atomic mass is 10.1. The monoisotopic (exact) mass is 1730 g/mol. The summed E-state index contributed by atoms with van der Waals surface area (Å²) in [5.74, 6) is 2.89. The van der Waals surface area contributed by atoms with Crippen LogP contribution in [-0.4, -0.2) is 250 Å². The van der Waals surface area contributed by atoms with Gasteiger partial charge in [0.05, 0.1) is 63.9 Å². The molecule has 12 heterocycles. The van der Waals surface area contributed by atoms with Gasteiger partial charge in [0.2, 0.25) is 0 Å². The number of aryl methyl sites for hydroxylation is 2. The number of methoxy groups -OCH3 is 2. The van der Waals surface area contributed by atoms with Crippen molar-refractivity contribution in [2.75, 3.05) is 118 Å². The molecule has 12 rings (SSSR count). The summed E-state index contributed by atoms with van der Waals surface area (Å²) in [5.41, 5.74) is 18.6. The van der Waals surface area contributed by atoms with E-state index in [1.807, 2.05) is 93.9 Å². The van der Waals surface area contributed by atoms with Crippen LogP contribution in [0.4, 0.5) is 5.82 Å². The summed E-state index contributed by atoms with van der Waals surface area (Å²) in [6.07, 6.45) is 19.3. The Kier molecular flexibility index (Phi) is 40.8. The largest absolute Gasteiger partial charge is 0.382 e. The van der Waals surface area contributed by atoms with Gasteiger partial charge in [-0.3, -0.25) is 56.6 Å². The number of ether oxygens (including phenoxy) is 12. The number of hydrogen-bond acceptors (Lipinski definition) is 28. The number of amides is 3. The van der Waals surface area contributed by atoms with Crippen LogP contribution >= 0.6 is 11.8 Å². The molecule has 40 heteroatoms. The van der Waals surface area contributed by atoms with Crippen molar-refractivity contribution in [2.45, 2.75) is 209 Å². The third-order valence-corrected chi connectivity index (χ3v) is 21.2. The van der Waals surface area contributed by atoms with Crippen molar-refractivity contribution in [1.82, 2.24) is 57.6 Å². The molecule has 3 saturated heterocycles. The summed E-state index contributed by atoms with van der Waals surface area (Å²) in [6.45, 7) is 43.1. The van der Waals surface area contributed by atoms with Crippen molar-refractivity contribution in [3.05, 3.63) is 218 Å². The van der Waals surface area contributed by atoms with E-state index in [-0.39, 0.29) is 122 Å². The van der Waals surface area contributed by atoms with Crippen molar-refractivity contribution < 1.29 is 71.2 Å². The number of rotatable bonds is 29. The van der Waals surface area contributed by atoms with E-state index in [0.29, 0.717) is 124 Å². The van der Waals surface area contributed by atoms with Crippen LogP contribution in [0.2, 0.25) is 0 Å². The van der Waals surface area contributed by atoms with E-state index in [9.17, 15) is 38.4 Å². The van der Waals surface area contributed by atoms with Crippen LogP contribution in [-0.2, 0) is 84.3 Å². The average Bonchev–Trinajstić information content (AvgIpc) is 1.40. The Morgan fingerprint density at radius 2 is 0.992 bits per heavy atom. The molecule has 0 aliphatic carbocycles. The molecular weight excluding hydrogens is 1600 g/mol. The zero-order valence-corrected chi connectivity index (χ0v) is 73.2. The van der Waals surface area contributed by atoms with Crippen molar-refractivity contribution in [2.24, 2.45) is 10.2 Å². The second-order valence-electron chi connectivity index (χ2n) is 28.4. The number of likely N-dealkylation sites (N-methyl/N-ethyl adjacent to an activating group) is 2. The molecule has 672 valence electrons. The second-order valence-corrected chi connectivity index (χ2v) is 29.6. The molecule has 0 aromatic carbocycles. The number of anilines is 1. The average molecular weight is 1730 g/mol. The van der Waals surface area contributed by atoms with E-state index in [2.05, 4.69) is 50.1 Å². The van der Waals surface area contributed by atoms with Gasteiger partial charge >= 0.3 is 17.1 Å². The molecule has 0 spiro atoms. The number of thioether (sulfide) groups is 1. The van der Waals surface area contributed by atoms with Crippen LogP contribution in [0.25, 0.3) is 20.9 Å². The maximum Gasteiger partial charge on any atom is 0.351 e. The van der Waals surface area contributed by atoms with Crippen LogP contribution in [0.1, 0.15) is 126 Å². The highest BCUT2D eigenvalue weighted by molar-refractivity contribution is 8.00. The molecule has 0 bridgehead atoms. The Morgan fingerprint density at radius 3 is 1.51 bits per heavy atom. The van der Waals surface area contributed by atoms with Crippen molar-refractivity contribution >= 4 is 35.3 Å². The first kappa shape index (κ1) is 101. The molecule has 122 heavy (non-hydrogen) atoms. The number of nitrogens with zero attached hydrogens (tertiary/aromatic N) is 18. The fraction of sp³-hybridized carbons (Fsp3) is 0.598. The highest BCUT2D eigenvalue weighted by atomic mass is 32.2. The lowest BCUT2D eigenvalue weighted by Gasteiger charge is -2.37. The van der Waals surface area contributed by atoms with Gasteiger partial charge in [-0.05, 0) is 125 Å². The maximum absolute atomic E-state index is 12.5. The molecule has 3 aromatic heterocycles. The van der Waals surface area contributed by atoms with E-state index in [0.717, 1.165) is 29.2 Å². The van der Waals surface area contributed by atoms with Gasteiger partial charge in [0.15, 0.2) is 18.7 Å². The van der Waals surface area contributed by atoms with E-state index in [4.69, 9.17) is 67.9 Å². The molecule has 0 saturated carbocycles. The van der Waals surface area contributed by atoms with Gasteiger partial charge in [0.1, 0.15) is 65.7 Å². The van der Waals surface area contributed by atoms with Crippen molar-refractivity contribution in [1.29, 1.82) is 0 Å². The minimum absolute atomic E-state index is 0. The van der Waals surface area contributed by atoms with Crippen LogP contribution in [0, 0.1) is 13.8 Å². The Hall–Kier alpha value is -10.00. The van der Waals surface area contributed by atoms with E-state index >= 15 is 0 Å². The zero-order valence-electron chi connectivity index (χ0n) is 72.4. The maximum atomic E-state index is 12.5. The smallest absolute Gasteiger partial charge is 0.351 e. The number of hydrogen-bond donors (Lipinski definition) is 1. The number of azide groups is 2. The normalized spacial score (nSPS) is 25.0. The first-order valence-corrected chi connectivity index (χ1v) is 41.3. The van der Waals surface area contributed by atoms with Crippen LogP contribution in [0.5, 0.6) is 0 Å². The zero-order chi connectivity index (χ0) is 88.9. The van der Waals surface area contributed by atoms with Crippen LogP contribution < -0.4 is 38.4 Å². The van der Waals surface area contributed by atoms with E-state index in [1.165, 1.54) is 29.7 Å². The molecule has 14 atom stereocenters. The van der Waals surface area contributed by atoms with Gasteiger partial charge in [0.25, 0.3) is 28.8 Å². The molecule has 3 aromatic rings. The molecule has 39 nitrogen and oxygen atoms in total. The standard InChI is InChI=1S/C14H21N5O4.C14H23N3O3S.C14H20N2O4.C13H19N5O3.2C13H18N2O3.CH4/c1-4-18-13(20)9(3)7-19(14(18)21)12-6-10(16-17-15)11(23-12)8-22-5-2;1-4-16(5-2)11-7-8-17(14(18)15-11)12-10-21-13(20-12)9-19-6-3;1-4-15-13(17)10(3)8-16(14(15)18)12-7-6-11(20-12)9-19-5-2;1-8-6-18(9(2)17(3)13(8)19)12-5-10(15-16-14)11(21-12)7-20-4;1-9-7-15(10(2)14(3)13(9)16)12-6-5-11(18-12)8-17-4;1-4-17-8-11-5-6-12(18-11)15-7-9(2)13(16)14-10(15)3;/h7,10-12H,4-6,8H2,1-3H3;7-8,12-13H,4-6,9-10H2,1-3H3;6-8,11-12H,4-5,9H2,1-3H3;6,10-12H,2,5,7H2,1,3-4H3;5-7,11-12H,2,8H2,1,3-4H3;5-7,11-12H,3-4,8H2,1-2H3,(H,14,16);1H4/t10?,11-,12-;12-,13+;11-,12+;10?,11-,12-;2*11-,12+;/m110100./s1. The summed E-state index contributed by atoms with van der Waals surface area (Å²) in [4.78, 5) is 116. The van der Waals surface area contributed by atoms with Crippen molar-refractivity contribution in [3.8, 4) is 0 Å². The summed E-state index contributed by atoms with van der Waals surface area (Å²) < 4.78 is 73.1. The number of nitrogens with one attached hydrogen (secondary N) is 1. The van der Waals surface area contributed by atoms with Gasteiger partial charge in [-0.25, -0.2) is 14.4 Å². The van der Waals surface area contributed by atoms with Gasteiger partial charge in [-0.2, -0.15) is 4.98 Å². The summed E-state index contributed by atoms with van der Waals surface area (Å²) in [6, 6.07) is 1.16. The molecule has 9 aliphatic heterocycles. The Bertz CT molecular complexity index is 4690. The first-order chi connectivity index (χ1) is 57.9.